The molecule has 1 atom stereocenters. The standard InChI is InChI=1S/C30H35Cl2N3O5S/c1-5-6-16-33-30(37)22(3)34(19-23-8-7-9-25(17-23)40-4)29(36)20-35(28-18-24(31)12-15-27(28)32)41(38,39)26-13-10-21(2)11-14-26/h7-15,17-18,22H,5-6,16,19-20H2,1-4H3,(H,33,37)/t22-/m1/s1. The number of ether oxygens (including phenoxy) is 1. The van der Waals surface area contributed by atoms with Gasteiger partial charge in [0.25, 0.3) is 10.0 Å². The highest BCUT2D eigenvalue weighted by Crippen LogP contribution is 2.33. The maximum Gasteiger partial charge on any atom is 0.264 e. The third kappa shape index (κ3) is 8.38. The number of nitrogens with zero attached hydrogens (tertiary/aromatic N) is 2. The fourth-order valence-electron chi connectivity index (χ4n) is 4.11. The molecule has 0 unspecified atom stereocenters. The number of nitrogens with one attached hydrogen (secondary N) is 1. The number of anilines is 1. The van der Waals surface area contributed by atoms with Crippen LogP contribution in [0.3, 0.4) is 0 Å². The number of aryl methyl sites for hydroxylation is 1. The Kier molecular flexibility index (Phi) is 11.5. The van der Waals surface area contributed by atoms with Crippen molar-refractivity contribution < 1.29 is 22.7 Å². The highest BCUT2D eigenvalue weighted by molar-refractivity contribution is 7.92. The van der Waals surface area contributed by atoms with E-state index in [4.69, 9.17) is 27.9 Å². The number of carbonyl (C=O) groups excluding carboxylic acids is 2. The van der Waals surface area contributed by atoms with Crippen LogP contribution in [0.5, 0.6) is 5.75 Å². The van der Waals surface area contributed by atoms with E-state index in [2.05, 4.69) is 5.32 Å². The summed E-state index contributed by atoms with van der Waals surface area (Å²) in [5.41, 5.74) is 1.63. The first-order chi connectivity index (χ1) is 19.5. The second-order valence-corrected chi connectivity index (χ2v) is 12.3. The van der Waals surface area contributed by atoms with Crippen molar-refractivity contribution in [3.05, 3.63) is 87.9 Å². The lowest BCUT2D eigenvalue weighted by Crippen LogP contribution is -2.51. The number of carbonyl (C=O) groups is 2. The van der Waals surface area contributed by atoms with Crippen molar-refractivity contribution in [2.24, 2.45) is 0 Å². The topological polar surface area (TPSA) is 96.0 Å². The lowest BCUT2D eigenvalue weighted by Gasteiger charge is -2.32. The van der Waals surface area contributed by atoms with Crippen molar-refractivity contribution in [2.45, 2.75) is 51.1 Å². The minimum absolute atomic E-state index is 0.0170. The smallest absolute Gasteiger partial charge is 0.264 e. The van der Waals surface area contributed by atoms with Crippen LogP contribution in [0.4, 0.5) is 5.69 Å². The van der Waals surface area contributed by atoms with Crippen LogP contribution < -0.4 is 14.4 Å². The van der Waals surface area contributed by atoms with Gasteiger partial charge in [0.2, 0.25) is 11.8 Å². The third-order valence-corrected chi connectivity index (χ3v) is 8.88. The van der Waals surface area contributed by atoms with Crippen LogP contribution in [0.1, 0.15) is 37.8 Å². The van der Waals surface area contributed by atoms with Crippen LogP contribution in [0.15, 0.2) is 71.6 Å². The molecule has 0 radical (unpaired) electrons. The fraction of sp³-hybridized carbons (Fsp3) is 0.333. The molecule has 2 amide bonds. The minimum Gasteiger partial charge on any atom is -0.497 e. The van der Waals surface area contributed by atoms with E-state index < -0.39 is 28.5 Å². The number of rotatable bonds is 13. The Morgan fingerprint density at radius 2 is 1.73 bits per heavy atom. The predicted molar refractivity (Wildman–Crippen MR) is 163 cm³/mol. The molecule has 0 aliphatic heterocycles. The van der Waals surface area contributed by atoms with Crippen LogP contribution in [0.25, 0.3) is 0 Å². The largest absolute Gasteiger partial charge is 0.497 e. The number of methoxy groups -OCH3 is 1. The Balaban J connectivity index is 2.05. The van der Waals surface area contributed by atoms with Gasteiger partial charge in [0, 0.05) is 18.1 Å². The molecular formula is C30H35Cl2N3O5S. The number of sulfonamides is 1. The maximum atomic E-state index is 14.0. The minimum atomic E-state index is -4.26. The van der Waals surface area contributed by atoms with E-state index >= 15 is 0 Å². The molecule has 0 aliphatic rings. The van der Waals surface area contributed by atoms with Crippen molar-refractivity contribution in [3.8, 4) is 5.75 Å². The van der Waals surface area contributed by atoms with Crippen molar-refractivity contribution in [2.75, 3.05) is 24.5 Å². The van der Waals surface area contributed by atoms with Gasteiger partial charge in [0.05, 0.1) is 22.7 Å². The van der Waals surface area contributed by atoms with E-state index in [1.165, 1.54) is 42.3 Å². The normalized spacial score (nSPS) is 12.0. The van der Waals surface area contributed by atoms with Crippen molar-refractivity contribution in [1.29, 1.82) is 0 Å². The Bertz CT molecular complexity index is 1470. The Hall–Kier alpha value is -3.27. The summed E-state index contributed by atoms with van der Waals surface area (Å²) in [6, 6.07) is 16.9. The molecule has 0 bridgehead atoms. The summed E-state index contributed by atoms with van der Waals surface area (Å²) >= 11 is 12.7. The second kappa shape index (κ2) is 14.6. The first-order valence-electron chi connectivity index (χ1n) is 13.2. The van der Waals surface area contributed by atoms with Gasteiger partial charge in [-0.05, 0) is 68.3 Å². The summed E-state index contributed by atoms with van der Waals surface area (Å²) < 4.78 is 34.1. The van der Waals surface area contributed by atoms with Gasteiger partial charge in [-0.2, -0.15) is 0 Å². The lowest BCUT2D eigenvalue weighted by atomic mass is 10.1. The maximum absolute atomic E-state index is 14.0. The van der Waals surface area contributed by atoms with Crippen molar-refractivity contribution in [3.63, 3.8) is 0 Å². The van der Waals surface area contributed by atoms with Crippen LogP contribution >= 0.6 is 23.2 Å². The van der Waals surface area contributed by atoms with Gasteiger partial charge in [-0.25, -0.2) is 8.42 Å². The van der Waals surface area contributed by atoms with Gasteiger partial charge < -0.3 is 15.0 Å². The van der Waals surface area contributed by atoms with Gasteiger partial charge in [0.15, 0.2) is 0 Å². The Labute approximate surface area is 252 Å². The number of halogens is 2. The van der Waals surface area contributed by atoms with Gasteiger partial charge in [0.1, 0.15) is 18.3 Å². The Morgan fingerprint density at radius 3 is 2.39 bits per heavy atom. The highest BCUT2D eigenvalue weighted by atomic mass is 35.5. The van der Waals surface area contributed by atoms with E-state index in [1.54, 1.807) is 43.3 Å². The number of unbranched alkanes of at least 4 members (excludes halogenated alkanes) is 1. The molecule has 11 heteroatoms. The highest BCUT2D eigenvalue weighted by Gasteiger charge is 2.33. The predicted octanol–water partition coefficient (Wildman–Crippen LogP) is 5.84. The number of hydrogen-bond donors (Lipinski definition) is 1. The molecule has 0 saturated heterocycles. The molecule has 0 spiro atoms. The van der Waals surface area contributed by atoms with Crippen LogP contribution in [0.2, 0.25) is 10.0 Å². The first kappa shape index (κ1) is 32.2. The SMILES string of the molecule is CCCCNC(=O)[C@@H](C)N(Cc1cccc(OC)c1)C(=O)CN(c1cc(Cl)ccc1Cl)S(=O)(=O)c1ccc(C)cc1. The number of amides is 2. The molecular weight excluding hydrogens is 585 g/mol. The van der Waals surface area contributed by atoms with E-state index in [1.807, 2.05) is 13.8 Å². The van der Waals surface area contributed by atoms with Crippen molar-refractivity contribution >= 4 is 50.7 Å². The molecule has 41 heavy (non-hydrogen) atoms. The molecule has 0 aromatic heterocycles. The summed E-state index contributed by atoms with van der Waals surface area (Å²) in [5.74, 6) is -0.356. The quantitative estimate of drug-likeness (QED) is 0.243. The fourth-order valence-corrected chi connectivity index (χ4v) is 5.97. The second-order valence-electron chi connectivity index (χ2n) is 9.61. The Morgan fingerprint density at radius 1 is 1.02 bits per heavy atom. The number of hydrogen-bond acceptors (Lipinski definition) is 5. The zero-order chi connectivity index (χ0) is 30.2. The molecule has 3 aromatic carbocycles. The van der Waals surface area contributed by atoms with Crippen LogP contribution in [-0.4, -0.2) is 51.4 Å². The summed E-state index contributed by atoms with van der Waals surface area (Å²) in [6.45, 7) is 5.36. The van der Waals surface area contributed by atoms with Crippen LogP contribution in [0, 0.1) is 6.92 Å². The van der Waals surface area contributed by atoms with E-state index in [9.17, 15) is 18.0 Å². The molecule has 1 N–H and O–H groups in total. The molecule has 0 saturated carbocycles. The van der Waals surface area contributed by atoms with Crippen molar-refractivity contribution in [1.82, 2.24) is 10.2 Å². The first-order valence-corrected chi connectivity index (χ1v) is 15.4. The van der Waals surface area contributed by atoms with E-state index in [-0.39, 0.29) is 33.1 Å². The van der Waals surface area contributed by atoms with Gasteiger partial charge in [-0.1, -0.05) is 66.4 Å². The van der Waals surface area contributed by atoms with E-state index in [0.29, 0.717) is 17.9 Å². The van der Waals surface area contributed by atoms with Gasteiger partial charge >= 0.3 is 0 Å². The lowest BCUT2D eigenvalue weighted by molar-refractivity contribution is -0.139. The summed E-state index contributed by atoms with van der Waals surface area (Å²) in [6.07, 6.45) is 1.69. The molecule has 220 valence electrons. The molecule has 3 aromatic rings. The zero-order valence-corrected chi connectivity index (χ0v) is 25.9. The van der Waals surface area contributed by atoms with Crippen LogP contribution in [-0.2, 0) is 26.2 Å². The van der Waals surface area contributed by atoms with Gasteiger partial charge in [-0.3, -0.25) is 13.9 Å². The summed E-state index contributed by atoms with van der Waals surface area (Å²) in [4.78, 5) is 28.4. The molecule has 3 rings (SSSR count). The van der Waals surface area contributed by atoms with Gasteiger partial charge in [-0.15, -0.1) is 0 Å². The zero-order valence-electron chi connectivity index (χ0n) is 23.6. The average Bonchev–Trinajstić information content (AvgIpc) is 2.95. The average molecular weight is 621 g/mol. The molecule has 0 fully saturated rings. The molecule has 0 heterocycles. The summed E-state index contributed by atoms with van der Waals surface area (Å²) in [7, 11) is -2.73. The molecule has 8 nitrogen and oxygen atoms in total. The monoisotopic (exact) mass is 619 g/mol. The summed E-state index contributed by atoms with van der Waals surface area (Å²) in [5, 5.41) is 3.21. The third-order valence-electron chi connectivity index (χ3n) is 6.55. The van der Waals surface area contributed by atoms with E-state index in [0.717, 1.165) is 22.7 Å². The number of benzene rings is 3. The molecule has 0 aliphatic carbocycles.